The number of aromatic nitrogens is 1. The summed E-state index contributed by atoms with van der Waals surface area (Å²) >= 11 is 0. The molecule has 2 nitrogen and oxygen atoms in total. The molecule has 1 heterocycles. The Morgan fingerprint density at radius 1 is 1.36 bits per heavy atom. The summed E-state index contributed by atoms with van der Waals surface area (Å²) < 4.78 is 0. The van der Waals surface area contributed by atoms with Gasteiger partial charge in [0.05, 0.1) is 0 Å². The van der Waals surface area contributed by atoms with E-state index in [0.717, 1.165) is 5.39 Å². The molecule has 0 spiro atoms. The lowest BCUT2D eigenvalue weighted by atomic mass is 10.2. The van der Waals surface area contributed by atoms with Crippen LogP contribution in [0.5, 0.6) is 5.75 Å². The fourth-order valence-corrected chi connectivity index (χ4v) is 1.02. The van der Waals surface area contributed by atoms with E-state index >= 15 is 0 Å². The minimum Gasteiger partial charge on any atom is -0.506 e. The number of para-hydroxylation sites is 1. The van der Waals surface area contributed by atoms with Crippen LogP contribution >= 0.6 is 0 Å². The maximum atomic E-state index is 9.29. The number of phenols is 1. The second-order valence-electron chi connectivity index (χ2n) is 2.26. The molecule has 0 saturated carbocycles. The fourth-order valence-electron chi connectivity index (χ4n) is 1.02. The summed E-state index contributed by atoms with van der Waals surface area (Å²) in [6.45, 7) is 0. The first kappa shape index (κ1) is 6.16. The molecule has 0 aliphatic rings. The maximum absolute atomic E-state index is 9.29. The van der Waals surface area contributed by atoms with Crippen LogP contribution in [0.2, 0.25) is 0 Å². The van der Waals surface area contributed by atoms with Crippen molar-refractivity contribution in [2.24, 2.45) is 0 Å². The second-order valence-corrected chi connectivity index (χ2v) is 2.26. The van der Waals surface area contributed by atoms with Crippen LogP contribution in [0.3, 0.4) is 0 Å². The summed E-state index contributed by atoms with van der Waals surface area (Å²) in [6.07, 6.45) is 1.61. The number of pyridine rings is 1. The molecule has 1 N–H and O–H groups in total. The van der Waals surface area contributed by atoms with Crippen LogP contribution in [0.4, 0.5) is 0 Å². The minimum atomic E-state index is 0.208. The minimum absolute atomic E-state index is 0.208. The van der Waals surface area contributed by atoms with E-state index < -0.39 is 0 Å². The van der Waals surface area contributed by atoms with Gasteiger partial charge in [0.25, 0.3) is 0 Å². The highest BCUT2D eigenvalue weighted by atomic mass is 16.3. The highest BCUT2D eigenvalue weighted by Crippen LogP contribution is 2.20. The number of rotatable bonds is 0. The Kier molecular flexibility index (Phi) is 1.25. The molecule has 0 bridgehead atoms. The number of fused-ring (bicyclic) bond motifs is 1. The maximum Gasteiger partial charge on any atom is 0.141 e. The van der Waals surface area contributed by atoms with Crippen molar-refractivity contribution in [3.63, 3.8) is 0 Å². The van der Waals surface area contributed by atoms with Crippen LogP contribution in [0, 0.1) is 6.07 Å². The van der Waals surface area contributed by atoms with Crippen molar-refractivity contribution in [3.05, 3.63) is 36.5 Å². The quantitative estimate of drug-likeness (QED) is 0.611. The highest BCUT2D eigenvalue weighted by Gasteiger charge is 1.96. The van der Waals surface area contributed by atoms with E-state index in [1.807, 2.05) is 6.07 Å². The number of hydrogen-bond donors (Lipinski definition) is 1. The van der Waals surface area contributed by atoms with Gasteiger partial charge in [0.2, 0.25) is 0 Å². The van der Waals surface area contributed by atoms with E-state index in [2.05, 4.69) is 11.1 Å². The predicted molar refractivity (Wildman–Crippen MR) is 42.2 cm³/mol. The molecule has 0 atom stereocenters. The largest absolute Gasteiger partial charge is 0.506 e. The van der Waals surface area contributed by atoms with Crippen molar-refractivity contribution < 1.29 is 5.11 Å². The van der Waals surface area contributed by atoms with E-state index in [-0.39, 0.29) is 5.75 Å². The van der Waals surface area contributed by atoms with Gasteiger partial charge in [-0.05, 0) is 18.2 Å². The monoisotopic (exact) mass is 144 g/mol. The zero-order valence-electron chi connectivity index (χ0n) is 5.78. The molecule has 11 heavy (non-hydrogen) atoms. The molecule has 0 fully saturated rings. The Hall–Kier alpha value is -1.57. The van der Waals surface area contributed by atoms with Gasteiger partial charge < -0.3 is 5.11 Å². The van der Waals surface area contributed by atoms with E-state index in [4.69, 9.17) is 0 Å². The molecule has 0 amide bonds. The van der Waals surface area contributed by atoms with Gasteiger partial charge in [-0.1, -0.05) is 12.1 Å². The van der Waals surface area contributed by atoms with Crippen molar-refractivity contribution in [2.75, 3.05) is 0 Å². The predicted octanol–water partition coefficient (Wildman–Crippen LogP) is 1.74. The van der Waals surface area contributed by atoms with Gasteiger partial charge in [-0.2, -0.15) is 0 Å². The molecular formula is C9H6NO. The van der Waals surface area contributed by atoms with Crippen molar-refractivity contribution in [3.8, 4) is 5.75 Å². The summed E-state index contributed by atoms with van der Waals surface area (Å²) in [5.41, 5.74) is 0.606. The molecule has 1 aromatic carbocycles. The summed E-state index contributed by atoms with van der Waals surface area (Å²) in [6, 6.07) is 9.94. The Morgan fingerprint density at radius 2 is 2.27 bits per heavy atom. The molecule has 2 heteroatoms. The van der Waals surface area contributed by atoms with E-state index in [9.17, 15) is 5.11 Å². The number of aromatic hydroxyl groups is 1. The van der Waals surface area contributed by atoms with Gasteiger partial charge in [-0.3, -0.25) is 4.98 Å². The van der Waals surface area contributed by atoms with E-state index in [0.29, 0.717) is 5.52 Å². The van der Waals surface area contributed by atoms with Crippen LogP contribution in [-0.2, 0) is 0 Å². The van der Waals surface area contributed by atoms with Crippen LogP contribution < -0.4 is 0 Å². The summed E-state index contributed by atoms with van der Waals surface area (Å²) in [5, 5.41) is 10.1. The molecule has 1 aromatic heterocycles. The van der Waals surface area contributed by atoms with Crippen LogP contribution in [0.1, 0.15) is 0 Å². The molecule has 0 aliphatic carbocycles. The smallest absolute Gasteiger partial charge is 0.141 e. The molecule has 0 unspecified atom stereocenters. The van der Waals surface area contributed by atoms with Crippen molar-refractivity contribution >= 4 is 10.9 Å². The summed E-state index contributed by atoms with van der Waals surface area (Å²) in [7, 11) is 0. The Bertz CT molecular complexity index is 379. The topological polar surface area (TPSA) is 33.1 Å². The first-order valence-corrected chi connectivity index (χ1v) is 3.32. The Labute approximate surface area is 64.1 Å². The van der Waals surface area contributed by atoms with Crippen molar-refractivity contribution in [1.82, 2.24) is 4.98 Å². The molecule has 1 radical (unpaired) electrons. The Morgan fingerprint density at radius 3 is 3.09 bits per heavy atom. The standard InChI is InChI=1S/C9H6NO/c11-8-5-1-3-7-4-2-6-10-9(7)8/h1-3,5-6,11H. The highest BCUT2D eigenvalue weighted by molar-refractivity contribution is 5.83. The second kappa shape index (κ2) is 2.23. The van der Waals surface area contributed by atoms with Gasteiger partial charge in [0, 0.05) is 11.6 Å². The lowest BCUT2D eigenvalue weighted by molar-refractivity contribution is 0.480. The van der Waals surface area contributed by atoms with Crippen molar-refractivity contribution in [1.29, 1.82) is 0 Å². The van der Waals surface area contributed by atoms with Gasteiger partial charge in [0.15, 0.2) is 0 Å². The third-order valence-corrected chi connectivity index (χ3v) is 1.53. The van der Waals surface area contributed by atoms with Gasteiger partial charge >= 0.3 is 0 Å². The summed E-state index contributed by atoms with van der Waals surface area (Å²) in [5.74, 6) is 0.208. The number of phenolic OH excluding ortho intramolecular Hbond substituents is 1. The third kappa shape index (κ3) is 0.923. The average molecular weight is 144 g/mol. The summed E-state index contributed by atoms with van der Waals surface area (Å²) in [4.78, 5) is 4.00. The van der Waals surface area contributed by atoms with Crippen LogP contribution in [-0.4, -0.2) is 10.1 Å². The normalized spacial score (nSPS) is 10.2. The van der Waals surface area contributed by atoms with E-state index in [1.54, 1.807) is 24.4 Å². The van der Waals surface area contributed by atoms with Gasteiger partial charge in [-0.25, -0.2) is 0 Å². The first-order chi connectivity index (χ1) is 5.38. The number of nitrogens with zero attached hydrogens (tertiary/aromatic N) is 1. The molecule has 2 rings (SSSR count). The average Bonchev–Trinajstić information content (AvgIpc) is 2.06. The molecular weight excluding hydrogens is 138 g/mol. The zero-order chi connectivity index (χ0) is 7.68. The molecule has 2 aromatic rings. The number of benzene rings is 1. The third-order valence-electron chi connectivity index (χ3n) is 1.53. The number of hydrogen-bond acceptors (Lipinski definition) is 2. The molecule has 0 aliphatic heterocycles. The SMILES string of the molecule is Oc1cccc2[c]ccnc12. The lowest BCUT2D eigenvalue weighted by Crippen LogP contribution is -1.76. The first-order valence-electron chi connectivity index (χ1n) is 3.32. The van der Waals surface area contributed by atoms with Gasteiger partial charge in [0.1, 0.15) is 11.3 Å². The zero-order valence-corrected chi connectivity index (χ0v) is 5.78. The van der Waals surface area contributed by atoms with Crippen molar-refractivity contribution in [2.45, 2.75) is 0 Å². The van der Waals surface area contributed by atoms with Crippen LogP contribution in [0.15, 0.2) is 30.5 Å². The van der Waals surface area contributed by atoms with Gasteiger partial charge in [-0.15, -0.1) is 0 Å². The molecule has 0 saturated heterocycles. The van der Waals surface area contributed by atoms with Crippen LogP contribution in [0.25, 0.3) is 10.9 Å². The molecule has 53 valence electrons. The lowest BCUT2D eigenvalue weighted by Gasteiger charge is -1.96. The Balaban J connectivity index is 2.91. The van der Waals surface area contributed by atoms with E-state index in [1.165, 1.54) is 0 Å². The fraction of sp³-hybridized carbons (Fsp3) is 0.